The molecule has 0 saturated carbocycles. The fourth-order valence-corrected chi connectivity index (χ4v) is 2.95. The van der Waals surface area contributed by atoms with E-state index in [1.54, 1.807) is 4.90 Å². The van der Waals surface area contributed by atoms with Crippen molar-refractivity contribution in [3.8, 4) is 0 Å². The van der Waals surface area contributed by atoms with Crippen molar-refractivity contribution < 1.29 is 18.3 Å². The van der Waals surface area contributed by atoms with Gasteiger partial charge in [-0.1, -0.05) is 0 Å². The first-order valence-electron chi connectivity index (χ1n) is 7.22. The van der Waals surface area contributed by atoms with Crippen molar-refractivity contribution >= 4 is 6.09 Å². The molecule has 4 nitrogen and oxygen atoms in total. The Morgan fingerprint density at radius 3 is 2.30 bits per heavy atom. The molecule has 0 atom stereocenters. The topological polar surface area (TPSA) is 41.6 Å². The average Bonchev–Trinajstić information content (AvgIpc) is 2.25. The van der Waals surface area contributed by atoms with Gasteiger partial charge in [0.05, 0.1) is 0 Å². The molecule has 1 N–H and O–H groups in total. The van der Waals surface area contributed by atoms with Gasteiger partial charge in [0.1, 0.15) is 5.60 Å². The van der Waals surface area contributed by atoms with Gasteiger partial charge < -0.3 is 15.0 Å². The molecule has 2 heterocycles. The maximum Gasteiger partial charge on any atom is 0.410 e. The zero-order valence-corrected chi connectivity index (χ0v) is 12.5. The molecule has 0 aromatic rings. The Morgan fingerprint density at radius 1 is 1.20 bits per heavy atom. The summed E-state index contributed by atoms with van der Waals surface area (Å²) in [4.78, 5) is 13.6. The van der Waals surface area contributed by atoms with Gasteiger partial charge in [0, 0.05) is 38.0 Å². The van der Waals surface area contributed by atoms with Gasteiger partial charge in [-0.2, -0.15) is 0 Å². The Labute approximate surface area is 118 Å². The highest BCUT2D eigenvalue weighted by Crippen LogP contribution is 2.38. The van der Waals surface area contributed by atoms with E-state index in [0.717, 1.165) is 0 Å². The molecule has 0 bridgehead atoms. The first-order chi connectivity index (χ1) is 9.11. The maximum absolute atomic E-state index is 13.6. The van der Waals surface area contributed by atoms with Crippen LogP contribution < -0.4 is 5.32 Å². The number of alkyl halides is 2. The van der Waals surface area contributed by atoms with Gasteiger partial charge in [-0.15, -0.1) is 0 Å². The minimum atomic E-state index is -2.58. The first kappa shape index (κ1) is 15.5. The van der Waals surface area contributed by atoms with E-state index in [2.05, 4.69) is 5.32 Å². The molecule has 0 aliphatic carbocycles. The lowest BCUT2D eigenvalue weighted by atomic mass is 9.79. The van der Waals surface area contributed by atoms with Crippen LogP contribution in [0.15, 0.2) is 0 Å². The Bertz CT molecular complexity index is 372. The smallest absolute Gasteiger partial charge is 0.410 e. The number of ether oxygens (including phenoxy) is 1. The number of nitrogens with zero attached hydrogens (tertiary/aromatic N) is 1. The van der Waals surface area contributed by atoms with E-state index in [4.69, 9.17) is 4.74 Å². The summed E-state index contributed by atoms with van der Waals surface area (Å²) >= 11 is 0. The Balaban J connectivity index is 1.90. The lowest BCUT2D eigenvalue weighted by Gasteiger charge is -2.46. The largest absolute Gasteiger partial charge is 0.444 e. The Hall–Kier alpha value is -0.910. The summed E-state index contributed by atoms with van der Waals surface area (Å²) < 4.78 is 32.4. The van der Waals surface area contributed by atoms with E-state index in [1.807, 2.05) is 20.8 Å². The second kappa shape index (κ2) is 5.13. The number of hydrogen-bond donors (Lipinski definition) is 1. The number of hydrogen-bond acceptors (Lipinski definition) is 3. The van der Waals surface area contributed by atoms with Crippen LogP contribution in [-0.2, 0) is 4.74 Å². The van der Waals surface area contributed by atoms with Crippen LogP contribution in [-0.4, -0.2) is 47.7 Å². The predicted octanol–water partition coefficient (Wildman–Crippen LogP) is 2.77. The third-order valence-electron chi connectivity index (χ3n) is 3.96. The van der Waals surface area contributed by atoms with E-state index >= 15 is 0 Å². The van der Waals surface area contributed by atoms with Crippen LogP contribution in [0, 0.1) is 0 Å². The highest BCUT2D eigenvalue weighted by Gasteiger charge is 2.47. The zero-order chi connectivity index (χ0) is 15.0. The molecular weight excluding hydrogens is 266 g/mol. The fraction of sp³-hybridized carbons (Fsp3) is 0.929. The van der Waals surface area contributed by atoms with Crippen molar-refractivity contribution in [1.29, 1.82) is 0 Å². The summed E-state index contributed by atoms with van der Waals surface area (Å²) in [5, 5.41) is 3.24. The van der Waals surface area contributed by atoms with Crippen LogP contribution in [0.4, 0.5) is 13.6 Å². The number of piperidine rings is 2. The van der Waals surface area contributed by atoms with Crippen LogP contribution in [0.2, 0.25) is 0 Å². The van der Waals surface area contributed by atoms with Crippen LogP contribution in [0.3, 0.4) is 0 Å². The van der Waals surface area contributed by atoms with Gasteiger partial charge in [0.2, 0.25) is 0 Å². The van der Waals surface area contributed by atoms with Crippen LogP contribution in [0.25, 0.3) is 0 Å². The third-order valence-corrected chi connectivity index (χ3v) is 3.96. The zero-order valence-electron chi connectivity index (χ0n) is 12.5. The van der Waals surface area contributed by atoms with Crippen LogP contribution >= 0.6 is 0 Å². The summed E-state index contributed by atoms with van der Waals surface area (Å²) in [5.74, 6) is -2.58. The van der Waals surface area contributed by atoms with Crippen LogP contribution in [0.5, 0.6) is 0 Å². The van der Waals surface area contributed by atoms with Gasteiger partial charge in [-0.25, -0.2) is 13.6 Å². The number of likely N-dealkylation sites (tertiary alicyclic amines) is 1. The number of nitrogens with one attached hydrogen (secondary N) is 1. The minimum Gasteiger partial charge on any atom is -0.444 e. The molecular formula is C14H24F2N2O2. The molecule has 0 radical (unpaired) electrons. The fourth-order valence-electron chi connectivity index (χ4n) is 2.95. The van der Waals surface area contributed by atoms with E-state index < -0.39 is 17.1 Å². The second-order valence-corrected chi connectivity index (χ2v) is 6.96. The summed E-state index contributed by atoms with van der Waals surface area (Å²) in [5.41, 5.74) is -1.04. The number of amides is 1. The number of halogens is 2. The Kier molecular flexibility index (Phi) is 3.97. The molecule has 2 saturated heterocycles. The van der Waals surface area contributed by atoms with Gasteiger partial charge in [0.15, 0.2) is 0 Å². The summed E-state index contributed by atoms with van der Waals surface area (Å²) in [6.07, 6.45) is 0.547. The highest BCUT2D eigenvalue weighted by molar-refractivity contribution is 5.68. The molecule has 0 unspecified atom stereocenters. The molecule has 2 rings (SSSR count). The van der Waals surface area contributed by atoms with Crippen LogP contribution in [0.1, 0.15) is 46.5 Å². The third kappa shape index (κ3) is 3.81. The molecule has 1 spiro atoms. The molecule has 2 aliphatic heterocycles. The molecule has 6 heteroatoms. The number of carbonyl (C=O) groups is 1. The summed E-state index contributed by atoms with van der Waals surface area (Å²) in [7, 11) is 0. The monoisotopic (exact) mass is 290 g/mol. The van der Waals surface area contributed by atoms with Crippen molar-refractivity contribution in [2.45, 2.75) is 63.5 Å². The SMILES string of the molecule is CC(C)(C)OC(=O)N1CCC2(CC1)CC(F)(F)CCN2. The lowest BCUT2D eigenvalue weighted by Crippen LogP contribution is -2.60. The van der Waals surface area contributed by atoms with E-state index in [-0.39, 0.29) is 18.9 Å². The van der Waals surface area contributed by atoms with Gasteiger partial charge in [-0.05, 0) is 33.6 Å². The van der Waals surface area contributed by atoms with Crippen molar-refractivity contribution in [3.63, 3.8) is 0 Å². The number of rotatable bonds is 0. The Morgan fingerprint density at radius 2 is 1.80 bits per heavy atom. The molecule has 2 fully saturated rings. The predicted molar refractivity (Wildman–Crippen MR) is 72.0 cm³/mol. The quantitative estimate of drug-likeness (QED) is 0.746. The van der Waals surface area contributed by atoms with Crippen molar-refractivity contribution in [1.82, 2.24) is 10.2 Å². The second-order valence-electron chi connectivity index (χ2n) is 6.96. The molecule has 1 amide bonds. The van der Waals surface area contributed by atoms with Gasteiger partial charge in [-0.3, -0.25) is 0 Å². The standard InChI is InChI=1S/C14H24F2N2O2/c1-12(2,3)20-11(19)18-8-5-13(6-9-18)10-14(15,16)4-7-17-13/h17H,4-10H2,1-3H3. The van der Waals surface area contributed by atoms with Gasteiger partial charge >= 0.3 is 6.09 Å². The highest BCUT2D eigenvalue weighted by atomic mass is 19.3. The van der Waals surface area contributed by atoms with Gasteiger partial charge in [0.25, 0.3) is 5.92 Å². The molecule has 0 aromatic carbocycles. The normalized spacial score (nSPS) is 25.6. The van der Waals surface area contributed by atoms with E-state index in [0.29, 0.717) is 32.5 Å². The van der Waals surface area contributed by atoms with E-state index in [1.165, 1.54) is 0 Å². The first-order valence-corrected chi connectivity index (χ1v) is 7.22. The molecule has 0 aromatic heterocycles. The number of carbonyl (C=O) groups excluding carboxylic acids is 1. The molecule has 2 aliphatic rings. The minimum absolute atomic E-state index is 0.0927. The average molecular weight is 290 g/mol. The molecule has 116 valence electrons. The van der Waals surface area contributed by atoms with E-state index in [9.17, 15) is 13.6 Å². The summed E-state index contributed by atoms with van der Waals surface area (Å²) in [6.45, 7) is 6.74. The van der Waals surface area contributed by atoms with Crippen molar-refractivity contribution in [2.75, 3.05) is 19.6 Å². The maximum atomic E-state index is 13.6. The van der Waals surface area contributed by atoms with Crippen molar-refractivity contribution in [3.05, 3.63) is 0 Å². The van der Waals surface area contributed by atoms with Crippen molar-refractivity contribution in [2.24, 2.45) is 0 Å². The summed E-state index contributed by atoms with van der Waals surface area (Å²) in [6, 6.07) is 0. The molecule has 20 heavy (non-hydrogen) atoms. The lowest BCUT2D eigenvalue weighted by molar-refractivity contribution is -0.0756.